The Morgan fingerprint density at radius 3 is 2.48 bits per heavy atom. The van der Waals surface area contributed by atoms with Gasteiger partial charge in [0.05, 0.1) is 26.3 Å². The summed E-state index contributed by atoms with van der Waals surface area (Å²) in [5.74, 6) is 1.41. The summed E-state index contributed by atoms with van der Waals surface area (Å²) in [5.41, 5.74) is -0.111. The minimum Gasteiger partial charge on any atom is -0.493 e. The molecule has 2 atom stereocenters. The lowest BCUT2D eigenvalue weighted by Crippen LogP contribution is -2.71. The smallest absolute Gasteiger partial charge is 0.433 e. The molecule has 3 saturated heterocycles. The van der Waals surface area contributed by atoms with Crippen molar-refractivity contribution in [3.63, 3.8) is 0 Å². The molecule has 2 unspecified atom stereocenters. The predicted octanol–water partition coefficient (Wildman–Crippen LogP) is 2.69. The van der Waals surface area contributed by atoms with E-state index in [4.69, 9.17) is 9.47 Å². The van der Waals surface area contributed by atoms with Crippen LogP contribution in [0.1, 0.15) is 17.7 Å². The molecule has 166 valence electrons. The Bertz CT molecular complexity index is 959. The minimum atomic E-state index is -4.52. The average Bonchev–Trinajstić information content (AvgIpc) is 2.77. The van der Waals surface area contributed by atoms with Gasteiger partial charge in [-0.15, -0.1) is 0 Å². The van der Waals surface area contributed by atoms with Crippen LogP contribution >= 0.6 is 0 Å². The van der Waals surface area contributed by atoms with Gasteiger partial charge in [-0.1, -0.05) is 6.07 Å². The monoisotopic (exact) mass is 437 g/mol. The number of methoxy groups -OCH3 is 2. The molecule has 1 N–H and O–H groups in total. The number of ether oxygens (including phenoxy) is 2. The molecule has 0 saturated carbocycles. The van der Waals surface area contributed by atoms with Gasteiger partial charge in [-0.25, -0.2) is 14.8 Å². The zero-order valence-corrected chi connectivity index (χ0v) is 17.0. The molecule has 3 fully saturated rings. The number of alkyl halides is 3. The maximum absolute atomic E-state index is 12.9. The summed E-state index contributed by atoms with van der Waals surface area (Å²) in [4.78, 5) is 23.5. The van der Waals surface area contributed by atoms with Gasteiger partial charge < -0.3 is 24.6 Å². The highest BCUT2D eigenvalue weighted by Crippen LogP contribution is 2.35. The number of hydrogen-bond acceptors (Lipinski definition) is 6. The normalized spacial score (nSPS) is 20.2. The number of anilines is 1. The van der Waals surface area contributed by atoms with Gasteiger partial charge in [-0.2, -0.15) is 13.2 Å². The number of amides is 2. The number of urea groups is 1. The van der Waals surface area contributed by atoms with E-state index in [1.54, 1.807) is 36.2 Å². The number of halogens is 3. The van der Waals surface area contributed by atoms with E-state index in [-0.39, 0.29) is 23.9 Å². The minimum absolute atomic E-state index is 0.0755. The highest BCUT2D eigenvalue weighted by molar-refractivity contribution is 5.76. The predicted molar refractivity (Wildman–Crippen MR) is 105 cm³/mol. The third kappa shape index (κ3) is 4.17. The molecular formula is C20H22F3N5O3. The van der Waals surface area contributed by atoms with Crippen molar-refractivity contribution in [2.75, 3.05) is 32.2 Å². The van der Waals surface area contributed by atoms with Gasteiger partial charge in [0, 0.05) is 25.7 Å². The van der Waals surface area contributed by atoms with Gasteiger partial charge in [-0.3, -0.25) is 0 Å². The van der Waals surface area contributed by atoms with Crippen LogP contribution in [0.15, 0.2) is 30.6 Å². The van der Waals surface area contributed by atoms with E-state index in [0.29, 0.717) is 31.1 Å². The second-order valence-electron chi connectivity index (χ2n) is 7.46. The van der Waals surface area contributed by atoms with Crippen LogP contribution in [0.3, 0.4) is 0 Å². The molecule has 0 aliphatic carbocycles. The van der Waals surface area contributed by atoms with E-state index in [1.807, 2.05) is 6.07 Å². The van der Waals surface area contributed by atoms with E-state index >= 15 is 0 Å². The Kier molecular flexibility index (Phi) is 5.50. The molecule has 0 radical (unpaired) electrons. The third-order valence-corrected chi connectivity index (χ3v) is 5.59. The molecule has 8 nitrogen and oxygen atoms in total. The lowest BCUT2D eigenvalue weighted by molar-refractivity contribution is -0.141. The third-order valence-electron chi connectivity index (χ3n) is 5.59. The summed E-state index contributed by atoms with van der Waals surface area (Å²) >= 11 is 0. The Morgan fingerprint density at radius 1 is 1.13 bits per heavy atom. The first-order valence-electron chi connectivity index (χ1n) is 9.71. The second kappa shape index (κ2) is 8.12. The van der Waals surface area contributed by atoms with Crippen molar-refractivity contribution in [3.8, 4) is 11.5 Å². The Labute approximate surface area is 177 Å². The van der Waals surface area contributed by atoms with Crippen molar-refractivity contribution >= 4 is 11.8 Å². The zero-order valence-electron chi connectivity index (χ0n) is 17.0. The lowest BCUT2D eigenvalue weighted by atomic mass is 9.88. The summed E-state index contributed by atoms with van der Waals surface area (Å²) in [6, 6.07) is 6.01. The first-order valence-corrected chi connectivity index (χ1v) is 9.71. The van der Waals surface area contributed by atoms with E-state index < -0.39 is 11.9 Å². The topological polar surface area (TPSA) is 79.8 Å². The van der Waals surface area contributed by atoms with Crippen molar-refractivity contribution < 1.29 is 27.4 Å². The SMILES string of the molecule is COc1ccc(CNC(=O)N2C3CC2CN(c2cc(C(F)(F)F)ncn2)C3)cc1OC. The van der Waals surface area contributed by atoms with Crippen molar-refractivity contribution in [2.45, 2.75) is 31.2 Å². The van der Waals surface area contributed by atoms with Crippen LogP contribution in [0.25, 0.3) is 0 Å². The maximum Gasteiger partial charge on any atom is 0.433 e. The number of nitrogens with one attached hydrogen (secondary N) is 1. The molecule has 2 amide bonds. The number of aromatic nitrogens is 2. The molecular weight excluding hydrogens is 415 g/mol. The van der Waals surface area contributed by atoms with E-state index in [2.05, 4.69) is 15.3 Å². The molecule has 4 heterocycles. The van der Waals surface area contributed by atoms with Crippen molar-refractivity contribution in [2.24, 2.45) is 0 Å². The summed E-state index contributed by atoms with van der Waals surface area (Å²) in [7, 11) is 3.10. The van der Waals surface area contributed by atoms with Crippen LogP contribution in [0.5, 0.6) is 11.5 Å². The number of rotatable bonds is 5. The number of carbonyl (C=O) groups is 1. The van der Waals surface area contributed by atoms with Gasteiger partial charge >= 0.3 is 12.2 Å². The molecule has 1 aromatic carbocycles. The molecule has 0 spiro atoms. The zero-order chi connectivity index (χ0) is 22.2. The molecule has 5 rings (SSSR count). The highest BCUT2D eigenvalue weighted by atomic mass is 19.4. The fourth-order valence-electron chi connectivity index (χ4n) is 4.06. The number of piperidine rings is 1. The quantitative estimate of drug-likeness (QED) is 0.775. The Morgan fingerprint density at radius 2 is 1.84 bits per heavy atom. The van der Waals surface area contributed by atoms with Gasteiger partial charge in [0.15, 0.2) is 11.5 Å². The van der Waals surface area contributed by atoms with Crippen LogP contribution in [0, 0.1) is 0 Å². The van der Waals surface area contributed by atoms with E-state index in [0.717, 1.165) is 24.4 Å². The van der Waals surface area contributed by atoms with Crippen LogP contribution in [-0.4, -0.2) is 60.3 Å². The molecule has 3 aliphatic rings. The lowest BCUT2D eigenvalue weighted by Gasteiger charge is -2.56. The van der Waals surface area contributed by atoms with Gasteiger partial charge in [-0.05, 0) is 24.1 Å². The molecule has 1 aromatic heterocycles. The van der Waals surface area contributed by atoms with Crippen molar-refractivity contribution in [3.05, 3.63) is 41.9 Å². The first kappa shape index (κ1) is 21.0. The number of hydrogen-bond donors (Lipinski definition) is 1. The molecule has 31 heavy (non-hydrogen) atoms. The fraction of sp³-hybridized carbons (Fsp3) is 0.450. The van der Waals surface area contributed by atoms with Crippen LogP contribution in [-0.2, 0) is 12.7 Å². The van der Waals surface area contributed by atoms with E-state index in [9.17, 15) is 18.0 Å². The van der Waals surface area contributed by atoms with Gasteiger partial charge in [0.2, 0.25) is 0 Å². The molecule has 2 aromatic rings. The molecule has 3 aliphatic heterocycles. The van der Waals surface area contributed by atoms with Crippen LogP contribution < -0.4 is 19.7 Å². The molecule has 11 heteroatoms. The summed E-state index contributed by atoms with van der Waals surface area (Å²) in [6.45, 7) is 1.17. The van der Waals surface area contributed by atoms with Crippen molar-refractivity contribution in [1.29, 1.82) is 0 Å². The standard InChI is InChI=1S/C20H22F3N5O3/c1-30-15-4-3-12(5-16(15)31-2)8-24-19(29)28-13-6-14(28)10-27(9-13)18-7-17(20(21,22)23)25-11-26-18/h3-5,7,11,13-14H,6,8-10H2,1-2H3,(H,24,29). The van der Waals surface area contributed by atoms with Crippen LogP contribution in [0.2, 0.25) is 0 Å². The number of nitrogens with zero attached hydrogens (tertiary/aromatic N) is 4. The summed E-state index contributed by atoms with van der Waals surface area (Å²) in [5, 5.41) is 2.90. The van der Waals surface area contributed by atoms with Gasteiger partial charge in [0.25, 0.3) is 0 Å². The highest BCUT2D eigenvalue weighted by Gasteiger charge is 2.47. The van der Waals surface area contributed by atoms with Crippen molar-refractivity contribution in [1.82, 2.24) is 20.2 Å². The maximum atomic E-state index is 12.9. The fourth-order valence-corrected chi connectivity index (χ4v) is 4.06. The summed E-state index contributed by atoms with van der Waals surface area (Å²) < 4.78 is 49.2. The molecule has 2 bridgehead atoms. The van der Waals surface area contributed by atoms with E-state index in [1.165, 1.54) is 0 Å². The Hall–Kier alpha value is -3.24. The largest absolute Gasteiger partial charge is 0.493 e. The number of benzene rings is 1. The van der Waals surface area contributed by atoms with Gasteiger partial charge in [0.1, 0.15) is 17.8 Å². The summed E-state index contributed by atoms with van der Waals surface area (Å²) in [6.07, 6.45) is -2.78. The average molecular weight is 437 g/mol. The number of fused-ring (bicyclic) bond motifs is 2. The second-order valence-corrected chi connectivity index (χ2v) is 7.46. The number of piperazine rings is 1. The number of carbonyl (C=O) groups excluding carboxylic acids is 1. The first-order chi connectivity index (χ1) is 14.8. The Balaban J connectivity index is 1.36. The van der Waals surface area contributed by atoms with Crippen LogP contribution in [0.4, 0.5) is 23.8 Å².